The third kappa shape index (κ3) is 3.32. The van der Waals surface area contributed by atoms with Crippen LogP contribution in [0.15, 0.2) is 83.9 Å². The summed E-state index contributed by atoms with van der Waals surface area (Å²) in [4.78, 5) is 18.2. The van der Waals surface area contributed by atoms with Gasteiger partial charge in [0.2, 0.25) is 0 Å². The molecule has 0 aromatic heterocycles. The summed E-state index contributed by atoms with van der Waals surface area (Å²) >= 11 is 0. The van der Waals surface area contributed by atoms with E-state index in [0.29, 0.717) is 28.3 Å². The summed E-state index contributed by atoms with van der Waals surface area (Å²) in [6.45, 7) is 0. The number of hydrogen-bond acceptors (Lipinski definition) is 5. The van der Waals surface area contributed by atoms with Crippen molar-refractivity contribution >= 4 is 22.8 Å². The number of benzene rings is 3. The fourth-order valence-corrected chi connectivity index (χ4v) is 3.77. The van der Waals surface area contributed by atoms with E-state index in [1.807, 2.05) is 48.5 Å². The molecule has 0 amide bonds. The average molecular weight is 392 g/mol. The smallest absolute Gasteiger partial charge is 0.284 e. The zero-order valence-electron chi connectivity index (χ0n) is 16.0. The lowest BCUT2D eigenvalue weighted by Crippen LogP contribution is -2.40. The summed E-state index contributed by atoms with van der Waals surface area (Å²) < 4.78 is 0.780. The first-order chi connectivity index (χ1) is 14.6. The van der Waals surface area contributed by atoms with Crippen molar-refractivity contribution in [2.24, 2.45) is 4.99 Å². The number of fused-ring (bicyclic) bond motifs is 1. The van der Waals surface area contributed by atoms with E-state index in [-0.39, 0.29) is 0 Å². The fraction of sp³-hybridized carbons (Fsp3) is 0.125. The topological polar surface area (TPSA) is 106 Å². The number of rotatable bonds is 4. The maximum Gasteiger partial charge on any atom is 0.284 e. The highest BCUT2D eigenvalue weighted by atomic mass is 16.3. The number of nitrogens with zero attached hydrogens (tertiary/aromatic N) is 4. The van der Waals surface area contributed by atoms with Crippen LogP contribution in [0.25, 0.3) is 0 Å². The van der Waals surface area contributed by atoms with Crippen LogP contribution in [-0.2, 0) is 0 Å². The SMILES string of the molecule is N#CC(C1=Nc2ccc(N)cc2[N+](=O)C1C(C#N)c1ccccc1)c1ccccc1. The lowest BCUT2D eigenvalue weighted by molar-refractivity contribution is -0.489. The minimum atomic E-state index is -0.962. The second-order valence-corrected chi connectivity index (χ2v) is 7.05. The summed E-state index contributed by atoms with van der Waals surface area (Å²) in [6, 6.07) is 26.7. The van der Waals surface area contributed by atoms with Gasteiger partial charge in [0.1, 0.15) is 23.2 Å². The second-order valence-electron chi connectivity index (χ2n) is 7.05. The molecule has 0 spiro atoms. The number of nitriles is 2. The van der Waals surface area contributed by atoms with E-state index in [4.69, 9.17) is 10.7 Å². The van der Waals surface area contributed by atoms with E-state index in [0.717, 1.165) is 10.3 Å². The number of nitroso groups, excluding NO2 is 1. The molecular weight excluding hydrogens is 374 g/mol. The summed E-state index contributed by atoms with van der Waals surface area (Å²) in [6.07, 6.45) is 0. The molecule has 1 heterocycles. The van der Waals surface area contributed by atoms with Gasteiger partial charge in [-0.05, 0) is 23.3 Å². The number of hydrogen-bond donors (Lipinski definition) is 1. The van der Waals surface area contributed by atoms with Gasteiger partial charge in [-0.15, -0.1) is 0 Å². The third-order valence-electron chi connectivity index (χ3n) is 5.21. The van der Waals surface area contributed by atoms with Crippen LogP contribution >= 0.6 is 0 Å². The van der Waals surface area contributed by atoms with Gasteiger partial charge in [-0.3, -0.25) is 0 Å². The Balaban J connectivity index is 1.93. The molecule has 0 radical (unpaired) electrons. The molecule has 6 heteroatoms. The molecule has 4 rings (SSSR count). The Bertz CT molecular complexity index is 1210. The second kappa shape index (κ2) is 7.98. The van der Waals surface area contributed by atoms with Gasteiger partial charge < -0.3 is 5.73 Å². The molecule has 2 N–H and O–H groups in total. The van der Waals surface area contributed by atoms with Crippen LogP contribution in [0.1, 0.15) is 23.0 Å². The van der Waals surface area contributed by atoms with Crippen molar-refractivity contribution in [3.63, 3.8) is 0 Å². The van der Waals surface area contributed by atoms with Crippen LogP contribution in [-0.4, -0.2) is 16.5 Å². The highest BCUT2D eigenvalue weighted by molar-refractivity contribution is 6.01. The monoisotopic (exact) mass is 392 g/mol. The predicted octanol–water partition coefficient (Wildman–Crippen LogP) is 4.75. The first kappa shape index (κ1) is 19.0. The molecule has 3 aromatic carbocycles. The zero-order valence-corrected chi connectivity index (χ0v) is 16.0. The first-order valence-electron chi connectivity index (χ1n) is 9.47. The van der Waals surface area contributed by atoms with Crippen molar-refractivity contribution in [1.29, 1.82) is 10.5 Å². The highest BCUT2D eigenvalue weighted by Gasteiger charge is 2.48. The first-order valence-corrected chi connectivity index (χ1v) is 9.47. The fourth-order valence-electron chi connectivity index (χ4n) is 3.77. The standard InChI is InChI=1S/C24H18N5O/c25-14-19(16-7-3-1-4-8-16)23-24(20(15-26)17-9-5-2-6-10-17)29(30)22-13-18(27)11-12-21(22)28-23/h1-13,19-20,24H,27H2/q+1. The van der Waals surface area contributed by atoms with Gasteiger partial charge in [-0.2, -0.15) is 10.5 Å². The molecule has 0 fully saturated rings. The lowest BCUT2D eigenvalue weighted by atomic mass is 9.81. The van der Waals surface area contributed by atoms with E-state index >= 15 is 0 Å². The van der Waals surface area contributed by atoms with Gasteiger partial charge in [0.25, 0.3) is 11.7 Å². The van der Waals surface area contributed by atoms with Gasteiger partial charge in [-0.1, -0.05) is 60.7 Å². The largest absolute Gasteiger partial charge is 0.399 e. The molecule has 0 bridgehead atoms. The zero-order chi connectivity index (χ0) is 21.1. The van der Waals surface area contributed by atoms with Gasteiger partial charge in [0.15, 0.2) is 0 Å². The lowest BCUT2D eigenvalue weighted by Gasteiger charge is -2.24. The van der Waals surface area contributed by atoms with Crippen LogP contribution in [0.2, 0.25) is 0 Å². The van der Waals surface area contributed by atoms with Gasteiger partial charge in [-0.25, -0.2) is 4.99 Å². The van der Waals surface area contributed by atoms with Crippen molar-refractivity contribution < 1.29 is 4.76 Å². The minimum absolute atomic E-state index is 0.296. The van der Waals surface area contributed by atoms with E-state index < -0.39 is 17.9 Å². The Morgan fingerprint density at radius 1 is 0.900 bits per heavy atom. The van der Waals surface area contributed by atoms with E-state index in [2.05, 4.69) is 12.1 Å². The van der Waals surface area contributed by atoms with Crippen LogP contribution < -0.4 is 5.73 Å². The van der Waals surface area contributed by atoms with Crippen molar-refractivity contribution in [2.75, 3.05) is 5.73 Å². The molecule has 0 saturated carbocycles. The molecule has 6 nitrogen and oxygen atoms in total. The predicted molar refractivity (Wildman–Crippen MR) is 115 cm³/mol. The quantitative estimate of drug-likeness (QED) is 0.511. The van der Waals surface area contributed by atoms with Gasteiger partial charge in [0.05, 0.1) is 16.9 Å². The normalized spacial score (nSPS) is 17.1. The van der Waals surface area contributed by atoms with Crippen LogP contribution in [0.5, 0.6) is 0 Å². The molecule has 30 heavy (non-hydrogen) atoms. The molecule has 0 aliphatic carbocycles. The number of aliphatic imine (C=N–C) groups is 1. The molecule has 0 saturated heterocycles. The Morgan fingerprint density at radius 3 is 2.13 bits per heavy atom. The highest BCUT2D eigenvalue weighted by Crippen LogP contribution is 2.41. The van der Waals surface area contributed by atoms with E-state index in [1.54, 1.807) is 30.3 Å². The summed E-state index contributed by atoms with van der Waals surface area (Å²) in [5, 5.41) is 20.0. The number of anilines is 1. The number of nitrogen functional groups attached to an aromatic ring is 1. The van der Waals surface area contributed by atoms with Crippen LogP contribution in [0, 0.1) is 27.6 Å². The third-order valence-corrected chi connectivity index (χ3v) is 5.21. The number of nitrogens with two attached hydrogens (primary N) is 1. The van der Waals surface area contributed by atoms with Crippen molar-refractivity contribution in [1.82, 2.24) is 0 Å². The van der Waals surface area contributed by atoms with Crippen LogP contribution in [0.3, 0.4) is 0 Å². The Hall–Kier alpha value is -4.29. The minimum Gasteiger partial charge on any atom is -0.399 e. The molecular formula is C24H18N5O+. The Kier molecular flexibility index (Phi) is 5.07. The molecule has 1 aliphatic heterocycles. The van der Waals surface area contributed by atoms with Crippen molar-refractivity contribution in [3.05, 3.63) is 94.9 Å². The summed E-state index contributed by atoms with van der Waals surface area (Å²) in [5.41, 5.74) is 8.82. The average Bonchev–Trinajstić information content (AvgIpc) is 2.78. The molecule has 3 aromatic rings. The van der Waals surface area contributed by atoms with E-state index in [9.17, 15) is 15.4 Å². The van der Waals surface area contributed by atoms with Gasteiger partial charge >= 0.3 is 0 Å². The maximum atomic E-state index is 13.5. The molecule has 3 atom stereocenters. The van der Waals surface area contributed by atoms with Crippen LogP contribution in [0.4, 0.5) is 17.1 Å². The Labute approximate surface area is 174 Å². The van der Waals surface area contributed by atoms with Crippen molar-refractivity contribution in [2.45, 2.75) is 17.9 Å². The molecule has 144 valence electrons. The summed E-state index contributed by atoms with van der Waals surface area (Å²) in [5.74, 6) is -1.57. The molecule has 1 aliphatic rings. The van der Waals surface area contributed by atoms with Crippen molar-refractivity contribution in [3.8, 4) is 12.1 Å². The van der Waals surface area contributed by atoms with E-state index in [1.165, 1.54) is 0 Å². The maximum absolute atomic E-state index is 13.5. The Morgan fingerprint density at radius 2 is 1.53 bits per heavy atom. The molecule has 3 unspecified atom stereocenters. The summed E-state index contributed by atoms with van der Waals surface area (Å²) in [7, 11) is 0. The van der Waals surface area contributed by atoms with Gasteiger partial charge in [0, 0.05) is 16.7 Å².